The Morgan fingerprint density at radius 2 is 2.18 bits per heavy atom. The number of aryl methyl sites for hydroxylation is 1. The Balaban J connectivity index is 1.48. The lowest BCUT2D eigenvalue weighted by Crippen LogP contribution is -2.50. The summed E-state index contributed by atoms with van der Waals surface area (Å²) in [6.07, 6.45) is 2.44. The molecule has 9 nitrogen and oxygen atoms in total. The predicted octanol–water partition coefficient (Wildman–Crippen LogP) is 1.41. The van der Waals surface area contributed by atoms with Crippen LogP contribution in [0.4, 0.5) is 0 Å². The molecule has 1 saturated heterocycles. The molecule has 1 aliphatic heterocycles. The summed E-state index contributed by atoms with van der Waals surface area (Å²) >= 11 is 0. The fourth-order valence-corrected chi connectivity index (χ4v) is 4.21. The zero-order valence-corrected chi connectivity index (χ0v) is 16.5. The minimum absolute atomic E-state index is 0.0964. The molecule has 1 saturated carbocycles. The summed E-state index contributed by atoms with van der Waals surface area (Å²) < 4.78 is 27.0. The van der Waals surface area contributed by atoms with E-state index in [2.05, 4.69) is 25.9 Å². The van der Waals surface area contributed by atoms with Crippen LogP contribution in [0.5, 0.6) is 0 Å². The number of tetrazole rings is 1. The molecule has 0 unspecified atom stereocenters. The van der Waals surface area contributed by atoms with Gasteiger partial charge in [-0.2, -0.15) is 5.21 Å². The maximum Gasteiger partial charge on any atom is 0.323 e. The largest absolute Gasteiger partial charge is 0.466 e. The molecule has 0 radical (unpaired) electrons. The average molecular weight is 396 g/mol. The summed E-state index contributed by atoms with van der Waals surface area (Å²) in [7, 11) is 0. The summed E-state index contributed by atoms with van der Waals surface area (Å²) in [5.41, 5.74) is 0. The highest BCUT2D eigenvalue weighted by Gasteiger charge is 2.38. The molecule has 3 rings (SSSR count). The summed E-state index contributed by atoms with van der Waals surface area (Å²) in [6, 6.07) is -0.352. The van der Waals surface area contributed by atoms with E-state index >= 15 is 0 Å². The Labute approximate surface area is 168 Å². The zero-order chi connectivity index (χ0) is 21.7. The van der Waals surface area contributed by atoms with Gasteiger partial charge in [0.2, 0.25) is 0 Å². The number of carbonyl (C=O) groups excluding carboxylic acids is 2. The first-order chi connectivity index (χ1) is 14.2. The van der Waals surface area contributed by atoms with Gasteiger partial charge in [0, 0.05) is 22.5 Å². The molecule has 156 valence electrons. The van der Waals surface area contributed by atoms with Crippen LogP contribution in [0.1, 0.15) is 60.9 Å². The summed E-state index contributed by atoms with van der Waals surface area (Å²) in [6.45, 7) is 4.15. The van der Waals surface area contributed by atoms with Crippen LogP contribution in [0, 0.1) is 17.8 Å². The lowest BCUT2D eigenvalue weighted by molar-refractivity contribution is -0.154. The van der Waals surface area contributed by atoms with Gasteiger partial charge in [-0.3, -0.25) is 9.59 Å². The average Bonchev–Trinajstić information content (AvgIpc) is 3.22. The zero-order valence-electron chi connectivity index (χ0n) is 18.5. The van der Waals surface area contributed by atoms with Crippen molar-refractivity contribution >= 4 is 11.9 Å². The summed E-state index contributed by atoms with van der Waals surface area (Å²) in [5, 5.41) is 16.7. The molecule has 2 N–H and O–H groups in total. The number of nitrogens with one attached hydrogen (secondary N) is 2. The molecule has 0 amide bonds. The molecular formula is C19H31N5O4. The normalized spacial score (nSPS) is 29.8. The van der Waals surface area contributed by atoms with Crippen molar-refractivity contribution in [1.82, 2.24) is 25.9 Å². The number of carbonyl (C=O) groups is 2. The standard InChI is InChI=1S/C19H31N5O4/c1-12(7-8-27-13(2)25)28-19(26)17-10-16-9-14(3-5-15(16)11-20-17)4-6-18-21-23-24-22-18/h12,14-17,20H,3-11H2,1-2H3,(H,21,22,23,24)/t12-,14-,15+,16-,17+/m1/s1/i6D2. The van der Waals surface area contributed by atoms with Crippen molar-refractivity contribution in [2.45, 2.75) is 70.9 Å². The van der Waals surface area contributed by atoms with Crippen LogP contribution < -0.4 is 5.32 Å². The highest BCUT2D eigenvalue weighted by Crippen LogP contribution is 2.40. The van der Waals surface area contributed by atoms with Gasteiger partial charge in [0.25, 0.3) is 0 Å². The molecule has 1 aliphatic carbocycles. The van der Waals surface area contributed by atoms with E-state index in [9.17, 15) is 9.59 Å². The Morgan fingerprint density at radius 1 is 1.32 bits per heavy atom. The Bertz CT molecular complexity index is 718. The molecule has 9 heteroatoms. The molecule has 1 aromatic rings. The first kappa shape index (κ1) is 18.0. The van der Waals surface area contributed by atoms with E-state index in [0.717, 1.165) is 25.8 Å². The van der Waals surface area contributed by atoms with Crippen molar-refractivity contribution in [3.8, 4) is 0 Å². The van der Waals surface area contributed by atoms with Crippen LogP contribution >= 0.6 is 0 Å². The highest BCUT2D eigenvalue weighted by molar-refractivity contribution is 5.76. The van der Waals surface area contributed by atoms with Gasteiger partial charge >= 0.3 is 11.9 Å². The second-order valence-electron chi connectivity index (χ2n) is 7.89. The van der Waals surface area contributed by atoms with Crippen molar-refractivity contribution in [3.63, 3.8) is 0 Å². The van der Waals surface area contributed by atoms with Gasteiger partial charge in [-0.15, -0.1) is 10.2 Å². The molecule has 2 heterocycles. The number of piperidine rings is 1. The van der Waals surface area contributed by atoms with Crippen LogP contribution in [0.25, 0.3) is 0 Å². The highest BCUT2D eigenvalue weighted by atomic mass is 16.6. The number of nitrogens with zero attached hydrogens (tertiary/aromatic N) is 3. The van der Waals surface area contributed by atoms with Crippen LogP contribution in [-0.2, 0) is 25.4 Å². The topological polar surface area (TPSA) is 119 Å². The van der Waals surface area contributed by atoms with E-state index < -0.39 is 6.37 Å². The molecular weight excluding hydrogens is 362 g/mol. The van der Waals surface area contributed by atoms with Crippen molar-refractivity contribution in [3.05, 3.63) is 5.82 Å². The molecule has 0 aromatic carbocycles. The van der Waals surface area contributed by atoms with Gasteiger partial charge in [0.1, 0.15) is 12.1 Å². The Morgan fingerprint density at radius 3 is 2.93 bits per heavy atom. The second kappa shape index (κ2) is 9.95. The lowest BCUT2D eigenvalue weighted by atomic mass is 9.69. The van der Waals surface area contributed by atoms with Gasteiger partial charge in [0.05, 0.1) is 6.61 Å². The minimum Gasteiger partial charge on any atom is -0.466 e. The van der Waals surface area contributed by atoms with Crippen LogP contribution in [-0.4, -0.2) is 57.9 Å². The lowest BCUT2D eigenvalue weighted by Gasteiger charge is -2.42. The van der Waals surface area contributed by atoms with Crippen molar-refractivity contribution < 1.29 is 21.8 Å². The quantitative estimate of drug-likeness (QED) is 0.634. The van der Waals surface area contributed by atoms with Crippen molar-refractivity contribution in [2.24, 2.45) is 17.8 Å². The molecule has 0 spiro atoms. The van der Waals surface area contributed by atoms with Crippen molar-refractivity contribution in [1.29, 1.82) is 0 Å². The SMILES string of the molecule is [2H]C([2H])(C[C@H]1CC[C@H]2CN[C@H](C(=O)O[C@H](C)CCOC(C)=O)C[C@H]2C1)c1nn[nH]n1. The van der Waals surface area contributed by atoms with E-state index in [1.807, 2.05) is 0 Å². The fraction of sp³-hybridized carbons (Fsp3) is 0.842. The maximum atomic E-state index is 12.6. The smallest absolute Gasteiger partial charge is 0.323 e. The molecule has 28 heavy (non-hydrogen) atoms. The van der Waals surface area contributed by atoms with Crippen LogP contribution in [0.3, 0.4) is 0 Å². The van der Waals surface area contributed by atoms with E-state index in [1.165, 1.54) is 6.92 Å². The van der Waals surface area contributed by atoms with Crippen LogP contribution in [0.2, 0.25) is 0 Å². The first-order valence-corrected chi connectivity index (χ1v) is 10.1. The minimum atomic E-state index is -1.62. The van der Waals surface area contributed by atoms with E-state index in [4.69, 9.17) is 12.2 Å². The van der Waals surface area contributed by atoms with E-state index in [-0.39, 0.29) is 42.4 Å². The maximum absolute atomic E-state index is 12.6. The fourth-order valence-electron chi connectivity index (χ4n) is 4.21. The number of H-pyrrole nitrogens is 1. The molecule has 2 aliphatic rings. The number of hydrogen-bond donors (Lipinski definition) is 2. The number of aromatic nitrogens is 4. The van der Waals surface area contributed by atoms with Crippen LogP contribution in [0.15, 0.2) is 0 Å². The van der Waals surface area contributed by atoms with E-state index in [1.54, 1.807) is 6.92 Å². The first-order valence-electron chi connectivity index (χ1n) is 11.1. The van der Waals surface area contributed by atoms with Gasteiger partial charge in [-0.05, 0) is 56.9 Å². The molecule has 1 aromatic heterocycles. The number of ether oxygens (including phenoxy) is 2. The molecule has 0 bridgehead atoms. The molecule has 2 fully saturated rings. The number of fused-ring (bicyclic) bond motifs is 1. The van der Waals surface area contributed by atoms with Gasteiger partial charge in [-0.1, -0.05) is 11.6 Å². The number of aromatic amines is 1. The number of rotatable bonds is 8. The Hall–Kier alpha value is -2.03. The third-order valence-electron chi connectivity index (χ3n) is 5.74. The Kier molecular flexibility index (Phi) is 6.41. The summed E-state index contributed by atoms with van der Waals surface area (Å²) in [4.78, 5) is 23.4. The van der Waals surface area contributed by atoms with E-state index in [0.29, 0.717) is 31.1 Å². The van der Waals surface area contributed by atoms with Gasteiger partial charge in [-0.25, -0.2) is 0 Å². The monoisotopic (exact) mass is 395 g/mol. The summed E-state index contributed by atoms with van der Waals surface area (Å²) in [5.74, 6) is 0.566. The third-order valence-corrected chi connectivity index (χ3v) is 5.74. The van der Waals surface area contributed by atoms with Crippen molar-refractivity contribution in [2.75, 3.05) is 13.2 Å². The third kappa shape index (κ3) is 5.98. The van der Waals surface area contributed by atoms with Gasteiger partial charge < -0.3 is 14.8 Å². The molecule has 5 atom stereocenters. The second-order valence-corrected chi connectivity index (χ2v) is 7.89. The number of hydrogen-bond acceptors (Lipinski definition) is 8. The number of esters is 2. The predicted molar refractivity (Wildman–Crippen MR) is 100 cm³/mol. The van der Waals surface area contributed by atoms with Gasteiger partial charge in [0.15, 0.2) is 5.82 Å².